The number of carbonyl (C=O) groups is 1. The fraction of sp³-hybridized carbons (Fsp3) is 0.640. The Labute approximate surface area is 181 Å². The number of hydrogen-bond donors (Lipinski definition) is 3. The predicted octanol–water partition coefficient (Wildman–Crippen LogP) is 2.68. The zero-order chi connectivity index (χ0) is 22.0. The number of carbonyl (C=O) groups excluding carboxylic acids is 1. The van der Waals surface area contributed by atoms with Gasteiger partial charge in [-0.1, -0.05) is 31.3 Å². The summed E-state index contributed by atoms with van der Waals surface area (Å²) in [4.78, 5) is 39.9. The second-order valence-electron chi connectivity index (χ2n) is 10.6. The van der Waals surface area contributed by atoms with Crippen LogP contribution in [0.4, 0.5) is 0 Å². The number of H-pyrrole nitrogens is 2. The molecule has 3 saturated carbocycles. The van der Waals surface area contributed by atoms with E-state index in [0.29, 0.717) is 30.6 Å². The predicted molar refractivity (Wildman–Crippen MR) is 116 cm³/mol. The Bertz CT molecular complexity index is 1150. The first-order valence-corrected chi connectivity index (χ1v) is 11.5. The standard InChI is InChI=1S/C25H30N2O4/c1-23-9-6-17(28)13-16(23)3-4-18-19(23)7-10-24(2)20(18)8-12-25(24,31)11-5-15-14-26-22(30)27-21(15)29/h13-14,18-20,31H,3-4,6-10,12H2,1-2H3,(H2,26,27,29,30)/t18-,19+,20+,23+,24+,25+/m1/s1. The molecule has 5 rings (SSSR count). The van der Waals surface area contributed by atoms with Crippen molar-refractivity contribution >= 4 is 5.78 Å². The van der Waals surface area contributed by atoms with E-state index in [4.69, 9.17) is 0 Å². The SMILES string of the molecule is C[C@]12CCC(=O)C=C1CC[C@@H]1[C@@H]2CC[C@@]2(C)[C@H]1CC[C@@]2(O)C#Cc1c[nH]c(=O)[nH]c1=O. The summed E-state index contributed by atoms with van der Waals surface area (Å²) in [5.74, 6) is 7.64. The normalized spacial score (nSPS) is 41.3. The molecule has 0 bridgehead atoms. The van der Waals surface area contributed by atoms with Crippen molar-refractivity contribution in [3.8, 4) is 11.8 Å². The van der Waals surface area contributed by atoms with Crippen LogP contribution in [0, 0.1) is 40.4 Å². The number of aromatic nitrogens is 2. The summed E-state index contributed by atoms with van der Waals surface area (Å²) in [6.45, 7) is 4.53. The summed E-state index contributed by atoms with van der Waals surface area (Å²) in [6, 6.07) is 0. The maximum atomic E-state index is 12.0. The van der Waals surface area contributed by atoms with Gasteiger partial charge in [0.05, 0.1) is 0 Å². The number of aliphatic hydroxyl groups is 1. The topological polar surface area (TPSA) is 103 Å². The number of ketones is 1. The van der Waals surface area contributed by atoms with E-state index in [1.54, 1.807) is 0 Å². The van der Waals surface area contributed by atoms with Crippen molar-refractivity contribution in [3.05, 3.63) is 44.2 Å². The highest BCUT2D eigenvalue weighted by atomic mass is 16.3. The van der Waals surface area contributed by atoms with Gasteiger partial charge in [-0.3, -0.25) is 14.6 Å². The van der Waals surface area contributed by atoms with Crippen molar-refractivity contribution in [2.75, 3.05) is 0 Å². The van der Waals surface area contributed by atoms with Gasteiger partial charge < -0.3 is 10.1 Å². The molecule has 6 nitrogen and oxygen atoms in total. The third-order valence-corrected chi connectivity index (χ3v) is 9.34. The number of fused-ring (bicyclic) bond motifs is 5. The smallest absolute Gasteiger partial charge is 0.325 e. The van der Waals surface area contributed by atoms with Gasteiger partial charge in [0.1, 0.15) is 11.2 Å². The van der Waals surface area contributed by atoms with Crippen LogP contribution in [0.3, 0.4) is 0 Å². The molecule has 4 aliphatic rings. The number of hydrogen-bond acceptors (Lipinski definition) is 4. The Morgan fingerprint density at radius 3 is 2.58 bits per heavy atom. The zero-order valence-corrected chi connectivity index (χ0v) is 18.2. The molecule has 3 N–H and O–H groups in total. The number of nitrogens with one attached hydrogen (secondary N) is 2. The summed E-state index contributed by atoms with van der Waals surface area (Å²) >= 11 is 0. The number of rotatable bonds is 0. The van der Waals surface area contributed by atoms with Crippen molar-refractivity contribution in [1.82, 2.24) is 9.97 Å². The van der Waals surface area contributed by atoms with E-state index in [1.165, 1.54) is 11.8 Å². The molecule has 1 heterocycles. The van der Waals surface area contributed by atoms with Crippen LogP contribution in [-0.4, -0.2) is 26.5 Å². The molecule has 6 atom stereocenters. The van der Waals surface area contributed by atoms with Gasteiger partial charge in [-0.25, -0.2) is 4.79 Å². The average molecular weight is 423 g/mol. The summed E-state index contributed by atoms with van der Waals surface area (Å²) in [6.07, 6.45) is 10.3. The first kappa shape index (κ1) is 20.5. The Hall–Kier alpha value is -2.39. The van der Waals surface area contributed by atoms with Crippen LogP contribution in [-0.2, 0) is 4.79 Å². The molecule has 0 radical (unpaired) electrons. The van der Waals surface area contributed by atoms with Gasteiger partial charge in [0.15, 0.2) is 5.78 Å². The van der Waals surface area contributed by atoms with E-state index in [9.17, 15) is 19.5 Å². The summed E-state index contributed by atoms with van der Waals surface area (Å²) in [5.41, 5.74) is -0.949. The molecule has 0 saturated heterocycles. The van der Waals surface area contributed by atoms with Crippen LogP contribution in [0.2, 0.25) is 0 Å². The largest absolute Gasteiger partial charge is 0.377 e. The Kier molecular flexibility index (Phi) is 4.50. The van der Waals surface area contributed by atoms with Crippen molar-refractivity contribution in [2.24, 2.45) is 28.6 Å². The Morgan fingerprint density at radius 2 is 1.81 bits per heavy atom. The third-order valence-electron chi connectivity index (χ3n) is 9.34. The Morgan fingerprint density at radius 1 is 1.03 bits per heavy atom. The summed E-state index contributed by atoms with van der Waals surface area (Å²) < 4.78 is 0. The lowest BCUT2D eigenvalue weighted by Gasteiger charge is -2.58. The molecule has 3 fully saturated rings. The monoisotopic (exact) mass is 422 g/mol. The van der Waals surface area contributed by atoms with E-state index in [0.717, 1.165) is 38.5 Å². The highest BCUT2D eigenvalue weighted by Crippen LogP contribution is 2.67. The molecule has 1 aromatic rings. The van der Waals surface area contributed by atoms with Gasteiger partial charge in [-0.2, -0.15) is 0 Å². The van der Waals surface area contributed by atoms with Crippen LogP contribution >= 0.6 is 0 Å². The minimum Gasteiger partial charge on any atom is -0.377 e. The van der Waals surface area contributed by atoms with Crippen LogP contribution in [0.1, 0.15) is 70.8 Å². The maximum absolute atomic E-state index is 12.0. The van der Waals surface area contributed by atoms with Crippen molar-refractivity contribution in [1.29, 1.82) is 0 Å². The lowest BCUT2D eigenvalue weighted by molar-refractivity contribution is -0.119. The van der Waals surface area contributed by atoms with E-state index in [1.807, 2.05) is 6.08 Å². The molecular weight excluding hydrogens is 392 g/mol. The van der Waals surface area contributed by atoms with Crippen molar-refractivity contribution in [2.45, 2.75) is 70.8 Å². The van der Waals surface area contributed by atoms with Crippen molar-refractivity contribution in [3.63, 3.8) is 0 Å². The molecule has 0 aliphatic heterocycles. The fourth-order valence-electron chi connectivity index (χ4n) is 7.45. The van der Waals surface area contributed by atoms with Crippen LogP contribution in [0.25, 0.3) is 0 Å². The van der Waals surface area contributed by atoms with E-state index in [2.05, 4.69) is 35.7 Å². The van der Waals surface area contributed by atoms with Gasteiger partial charge >= 0.3 is 5.69 Å². The summed E-state index contributed by atoms with van der Waals surface area (Å²) in [7, 11) is 0. The lowest BCUT2D eigenvalue weighted by atomic mass is 9.46. The van der Waals surface area contributed by atoms with Crippen molar-refractivity contribution < 1.29 is 9.90 Å². The van der Waals surface area contributed by atoms with E-state index in [-0.39, 0.29) is 22.2 Å². The highest BCUT2D eigenvalue weighted by molar-refractivity contribution is 5.91. The van der Waals surface area contributed by atoms with Crippen LogP contribution < -0.4 is 11.2 Å². The first-order chi connectivity index (χ1) is 14.7. The fourth-order valence-corrected chi connectivity index (χ4v) is 7.45. The number of aromatic amines is 2. The molecule has 0 unspecified atom stereocenters. The molecule has 0 amide bonds. The summed E-state index contributed by atoms with van der Waals surface area (Å²) in [5, 5.41) is 11.7. The second-order valence-corrected chi connectivity index (χ2v) is 10.6. The maximum Gasteiger partial charge on any atom is 0.325 e. The van der Waals surface area contributed by atoms with E-state index < -0.39 is 16.9 Å². The van der Waals surface area contributed by atoms with E-state index >= 15 is 0 Å². The molecule has 4 aliphatic carbocycles. The molecule has 0 spiro atoms. The zero-order valence-electron chi connectivity index (χ0n) is 18.2. The second kappa shape index (κ2) is 6.80. The molecule has 164 valence electrons. The number of allylic oxidation sites excluding steroid dienone is 1. The first-order valence-electron chi connectivity index (χ1n) is 11.5. The quantitative estimate of drug-likeness (QED) is 0.559. The van der Waals surface area contributed by atoms with Gasteiger partial charge in [-0.05, 0) is 74.2 Å². The van der Waals surface area contributed by atoms with Crippen LogP contribution in [0.15, 0.2) is 27.4 Å². The lowest BCUT2D eigenvalue weighted by Crippen LogP contribution is -2.54. The molecule has 0 aromatic carbocycles. The van der Waals surface area contributed by atoms with Crippen LogP contribution in [0.5, 0.6) is 0 Å². The minimum absolute atomic E-state index is 0.105. The van der Waals surface area contributed by atoms with Gasteiger partial charge in [-0.15, -0.1) is 0 Å². The van der Waals surface area contributed by atoms with Gasteiger partial charge in [0, 0.05) is 18.0 Å². The molecule has 6 heteroatoms. The van der Waals surface area contributed by atoms with Gasteiger partial charge in [0.25, 0.3) is 5.56 Å². The van der Waals surface area contributed by atoms with Gasteiger partial charge in [0.2, 0.25) is 0 Å². The molecular formula is C25H30N2O4. The third kappa shape index (κ3) is 2.93. The Balaban J connectivity index is 1.46. The minimum atomic E-state index is -1.15. The average Bonchev–Trinajstić information content (AvgIpc) is 2.99. The highest BCUT2D eigenvalue weighted by Gasteiger charge is 2.63. The molecule has 1 aromatic heterocycles. The molecule has 31 heavy (non-hydrogen) atoms.